The van der Waals surface area contributed by atoms with Crippen LogP contribution in [0.25, 0.3) is 0 Å². The van der Waals surface area contributed by atoms with Gasteiger partial charge in [0.25, 0.3) is 5.91 Å². The van der Waals surface area contributed by atoms with E-state index in [4.69, 9.17) is 0 Å². The summed E-state index contributed by atoms with van der Waals surface area (Å²) >= 11 is 0. The summed E-state index contributed by atoms with van der Waals surface area (Å²) in [4.78, 5) is 21.1. The third kappa shape index (κ3) is 4.17. The number of amides is 1. The number of para-hydroxylation sites is 1. The van der Waals surface area contributed by atoms with Gasteiger partial charge in [-0.3, -0.25) is 9.78 Å². The summed E-state index contributed by atoms with van der Waals surface area (Å²) in [5.41, 5.74) is 3.71. The fraction of sp³-hybridized carbons (Fsp3) is 0.400. The van der Waals surface area contributed by atoms with Crippen LogP contribution in [0.2, 0.25) is 0 Å². The van der Waals surface area contributed by atoms with Crippen LogP contribution in [0.3, 0.4) is 0 Å². The molecule has 132 valence electrons. The van der Waals surface area contributed by atoms with Crippen LogP contribution in [0, 0.1) is 0 Å². The van der Waals surface area contributed by atoms with Gasteiger partial charge in [-0.2, -0.15) is 0 Å². The lowest BCUT2D eigenvalue weighted by atomic mass is 10.0. The molecule has 0 aliphatic carbocycles. The fourth-order valence-corrected chi connectivity index (χ4v) is 3.07. The van der Waals surface area contributed by atoms with E-state index in [0.717, 1.165) is 37.6 Å². The van der Waals surface area contributed by atoms with Gasteiger partial charge >= 0.3 is 0 Å². The summed E-state index contributed by atoms with van der Waals surface area (Å²) < 4.78 is 0. The Morgan fingerprint density at radius 3 is 2.56 bits per heavy atom. The van der Waals surface area contributed by atoms with Crippen LogP contribution in [0.1, 0.15) is 35.8 Å². The zero-order chi connectivity index (χ0) is 17.8. The van der Waals surface area contributed by atoms with Gasteiger partial charge in [0.15, 0.2) is 0 Å². The molecule has 25 heavy (non-hydrogen) atoms. The van der Waals surface area contributed by atoms with Crippen LogP contribution >= 0.6 is 0 Å². The number of likely N-dealkylation sites (N-methyl/N-ethyl adjacent to an activating group) is 1. The Balaban J connectivity index is 1.77. The molecule has 2 aromatic rings. The fourth-order valence-electron chi connectivity index (χ4n) is 3.07. The number of aromatic nitrogens is 1. The maximum atomic E-state index is 12.7. The molecular formula is C20H26N4O. The van der Waals surface area contributed by atoms with E-state index in [2.05, 4.69) is 54.3 Å². The van der Waals surface area contributed by atoms with Gasteiger partial charge in [-0.15, -0.1) is 0 Å². The molecule has 1 amide bonds. The maximum Gasteiger partial charge on any atom is 0.272 e. The topological polar surface area (TPSA) is 48.5 Å². The van der Waals surface area contributed by atoms with Gasteiger partial charge in [0, 0.05) is 43.8 Å². The quantitative estimate of drug-likeness (QED) is 0.929. The van der Waals surface area contributed by atoms with Crippen molar-refractivity contribution in [2.75, 3.05) is 38.5 Å². The first-order valence-corrected chi connectivity index (χ1v) is 8.84. The molecule has 1 fully saturated rings. The van der Waals surface area contributed by atoms with E-state index in [1.54, 1.807) is 6.20 Å². The van der Waals surface area contributed by atoms with Gasteiger partial charge in [-0.1, -0.05) is 32.0 Å². The van der Waals surface area contributed by atoms with Crippen LogP contribution in [0.4, 0.5) is 11.4 Å². The van der Waals surface area contributed by atoms with Crippen molar-refractivity contribution in [3.8, 4) is 0 Å². The molecule has 1 aromatic carbocycles. The molecule has 1 saturated heterocycles. The molecule has 0 atom stereocenters. The van der Waals surface area contributed by atoms with Crippen molar-refractivity contribution >= 4 is 17.3 Å². The molecule has 0 bridgehead atoms. The zero-order valence-electron chi connectivity index (χ0n) is 15.2. The standard InChI is InChI=1S/C20H26N4O/c1-15(2)17-6-4-5-7-18(17)22-16-8-9-21-19(14-16)20(25)24-12-10-23(3)11-13-24/h4-9,14-15H,10-13H2,1-3H3,(H,21,22). The second kappa shape index (κ2) is 7.66. The average molecular weight is 338 g/mol. The lowest BCUT2D eigenvalue weighted by Crippen LogP contribution is -2.47. The number of piperazine rings is 1. The van der Waals surface area contributed by atoms with Gasteiger partial charge in [0.1, 0.15) is 5.69 Å². The molecule has 1 N–H and O–H groups in total. The predicted octanol–water partition coefficient (Wildman–Crippen LogP) is 3.34. The summed E-state index contributed by atoms with van der Waals surface area (Å²) in [6.07, 6.45) is 1.70. The minimum atomic E-state index is 0.00824. The Hall–Kier alpha value is -2.40. The number of carbonyl (C=O) groups is 1. The highest BCUT2D eigenvalue weighted by atomic mass is 16.2. The number of anilines is 2. The summed E-state index contributed by atoms with van der Waals surface area (Å²) in [6.45, 7) is 7.68. The first-order valence-electron chi connectivity index (χ1n) is 8.84. The van der Waals surface area contributed by atoms with Crippen LogP contribution in [0.15, 0.2) is 42.6 Å². The molecule has 1 aliphatic rings. The molecule has 3 rings (SSSR count). The van der Waals surface area contributed by atoms with Gasteiger partial charge < -0.3 is 15.1 Å². The Morgan fingerprint density at radius 1 is 1.12 bits per heavy atom. The highest BCUT2D eigenvalue weighted by Crippen LogP contribution is 2.27. The maximum absolute atomic E-state index is 12.7. The number of carbonyl (C=O) groups excluding carboxylic acids is 1. The third-order valence-electron chi connectivity index (χ3n) is 4.63. The lowest BCUT2D eigenvalue weighted by molar-refractivity contribution is 0.0658. The molecule has 2 heterocycles. The number of rotatable bonds is 4. The number of benzene rings is 1. The molecule has 0 unspecified atom stereocenters. The van der Waals surface area contributed by atoms with Crippen molar-refractivity contribution < 1.29 is 4.79 Å². The van der Waals surface area contributed by atoms with E-state index in [1.165, 1.54) is 5.56 Å². The summed E-state index contributed by atoms with van der Waals surface area (Å²) in [7, 11) is 2.08. The monoisotopic (exact) mass is 338 g/mol. The smallest absolute Gasteiger partial charge is 0.272 e. The highest BCUT2D eigenvalue weighted by Gasteiger charge is 2.21. The van der Waals surface area contributed by atoms with E-state index in [1.807, 2.05) is 23.1 Å². The predicted molar refractivity (Wildman–Crippen MR) is 101 cm³/mol. The van der Waals surface area contributed by atoms with E-state index in [-0.39, 0.29) is 5.91 Å². The molecule has 1 aromatic heterocycles. The molecule has 0 spiro atoms. The van der Waals surface area contributed by atoms with E-state index >= 15 is 0 Å². The van der Waals surface area contributed by atoms with Crippen molar-refractivity contribution in [2.24, 2.45) is 0 Å². The van der Waals surface area contributed by atoms with Gasteiger partial charge in [0.2, 0.25) is 0 Å². The van der Waals surface area contributed by atoms with Crippen molar-refractivity contribution in [1.29, 1.82) is 0 Å². The SMILES string of the molecule is CC(C)c1ccccc1Nc1ccnc(C(=O)N2CCN(C)CC2)c1. The zero-order valence-corrected chi connectivity index (χ0v) is 15.2. The van der Waals surface area contributed by atoms with Crippen molar-refractivity contribution in [3.63, 3.8) is 0 Å². The molecule has 0 saturated carbocycles. The van der Waals surface area contributed by atoms with E-state index < -0.39 is 0 Å². The molecular weight excluding hydrogens is 312 g/mol. The second-order valence-electron chi connectivity index (χ2n) is 6.89. The molecule has 1 aliphatic heterocycles. The summed E-state index contributed by atoms with van der Waals surface area (Å²) in [6, 6.07) is 12.0. The molecule has 0 radical (unpaired) electrons. The van der Waals surface area contributed by atoms with Crippen LogP contribution in [-0.2, 0) is 0 Å². The van der Waals surface area contributed by atoms with Gasteiger partial charge in [-0.25, -0.2) is 0 Å². The Morgan fingerprint density at radius 2 is 1.84 bits per heavy atom. The average Bonchev–Trinajstić information content (AvgIpc) is 2.62. The van der Waals surface area contributed by atoms with Crippen LogP contribution < -0.4 is 5.32 Å². The van der Waals surface area contributed by atoms with Crippen LogP contribution in [-0.4, -0.2) is 53.9 Å². The minimum absolute atomic E-state index is 0.00824. The first-order chi connectivity index (χ1) is 12.0. The van der Waals surface area contributed by atoms with E-state index in [0.29, 0.717) is 11.6 Å². The third-order valence-corrected chi connectivity index (χ3v) is 4.63. The largest absolute Gasteiger partial charge is 0.355 e. The van der Waals surface area contributed by atoms with Crippen molar-refractivity contribution in [2.45, 2.75) is 19.8 Å². The first kappa shape index (κ1) is 17.4. The summed E-state index contributed by atoms with van der Waals surface area (Å²) in [5, 5.41) is 3.44. The van der Waals surface area contributed by atoms with Crippen molar-refractivity contribution in [1.82, 2.24) is 14.8 Å². The normalized spacial score (nSPS) is 15.4. The number of hydrogen-bond donors (Lipinski definition) is 1. The number of nitrogens with zero attached hydrogens (tertiary/aromatic N) is 3. The lowest BCUT2D eigenvalue weighted by Gasteiger charge is -2.32. The number of hydrogen-bond acceptors (Lipinski definition) is 4. The number of nitrogens with one attached hydrogen (secondary N) is 1. The summed E-state index contributed by atoms with van der Waals surface area (Å²) in [5.74, 6) is 0.436. The van der Waals surface area contributed by atoms with Gasteiger partial charge in [0.05, 0.1) is 0 Å². The van der Waals surface area contributed by atoms with Gasteiger partial charge in [-0.05, 0) is 36.7 Å². The minimum Gasteiger partial charge on any atom is -0.355 e. The van der Waals surface area contributed by atoms with E-state index in [9.17, 15) is 4.79 Å². The molecule has 5 nitrogen and oxygen atoms in total. The highest BCUT2D eigenvalue weighted by molar-refractivity contribution is 5.93. The van der Waals surface area contributed by atoms with Crippen LogP contribution in [0.5, 0.6) is 0 Å². The Kier molecular flexibility index (Phi) is 5.34. The second-order valence-corrected chi connectivity index (χ2v) is 6.89. The number of pyridine rings is 1. The van der Waals surface area contributed by atoms with Crippen molar-refractivity contribution in [3.05, 3.63) is 53.9 Å². The Bertz CT molecular complexity index is 736. The Labute approximate surface area is 149 Å². The molecule has 5 heteroatoms.